The molecule has 0 atom stereocenters. The zero-order valence-electron chi connectivity index (χ0n) is 24.8. The van der Waals surface area contributed by atoms with Crippen molar-refractivity contribution in [1.29, 1.82) is 0 Å². The number of hydrogen-bond donors (Lipinski definition) is 2. The molecule has 43 heavy (non-hydrogen) atoms. The Balaban J connectivity index is 1.53. The average molecular weight is 574 g/mol. The maximum atomic E-state index is 13.4. The molecule has 5 rings (SSSR count). The van der Waals surface area contributed by atoms with Gasteiger partial charge in [0.1, 0.15) is 0 Å². The fourth-order valence-corrected chi connectivity index (χ4v) is 4.88. The Bertz CT molecular complexity index is 1760. The number of aromatic nitrogens is 1. The van der Waals surface area contributed by atoms with Gasteiger partial charge >= 0.3 is 0 Å². The summed E-state index contributed by atoms with van der Waals surface area (Å²) in [6.07, 6.45) is 0.424. The van der Waals surface area contributed by atoms with E-state index in [1.165, 1.54) is 0 Å². The SMILES string of the molecule is CN(C)CCC(=O)N(C)c1ccc(N=C(c2ccccc2)c2c(O)[nH]c3ccc(C(=O)N(C)c4ccccc4)cc23)cc1. The molecule has 4 aromatic carbocycles. The van der Waals surface area contributed by atoms with Crippen molar-refractivity contribution in [3.05, 3.63) is 120 Å². The van der Waals surface area contributed by atoms with Crippen molar-refractivity contribution < 1.29 is 14.7 Å². The van der Waals surface area contributed by atoms with Crippen molar-refractivity contribution in [2.75, 3.05) is 44.5 Å². The molecular formula is C35H35N5O3. The lowest BCUT2D eigenvalue weighted by atomic mass is 9.99. The Morgan fingerprint density at radius 1 is 0.744 bits per heavy atom. The molecule has 2 N–H and O–H groups in total. The number of anilines is 2. The highest BCUT2D eigenvalue weighted by Gasteiger charge is 2.21. The third-order valence-corrected chi connectivity index (χ3v) is 7.38. The first-order valence-electron chi connectivity index (χ1n) is 14.1. The van der Waals surface area contributed by atoms with Crippen molar-refractivity contribution in [2.45, 2.75) is 6.42 Å². The molecule has 5 aromatic rings. The second-order valence-corrected chi connectivity index (χ2v) is 10.7. The van der Waals surface area contributed by atoms with E-state index in [4.69, 9.17) is 4.99 Å². The van der Waals surface area contributed by atoms with Crippen LogP contribution >= 0.6 is 0 Å². The molecule has 1 aromatic heterocycles. The van der Waals surface area contributed by atoms with Crippen LogP contribution in [0.3, 0.4) is 0 Å². The van der Waals surface area contributed by atoms with E-state index in [2.05, 4.69) is 4.98 Å². The summed E-state index contributed by atoms with van der Waals surface area (Å²) in [5.74, 6) is -0.180. The van der Waals surface area contributed by atoms with Crippen molar-refractivity contribution in [3.63, 3.8) is 0 Å². The van der Waals surface area contributed by atoms with Gasteiger partial charge in [0, 0.05) is 60.5 Å². The van der Waals surface area contributed by atoms with Gasteiger partial charge in [-0.2, -0.15) is 0 Å². The van der Waals surface area contributed by atoms with Gasteiger partial charge < -0.3 is 24.8 Å². The van der Waals surface area contributed by atoms with Crippen LogP contribution in [0.2, 0.25) is 0 Å². The fraction of sp³-hybridized carbons (Fsp3) is 0.171. The Kier molecular flexibility index (Phi) is 8.69. The summed E-state index contributed by atoms with van der Waals surface area (Å²) < 4.78 is 0. The number of nitrogens with one attached hydrogen (secondary N) is 1. The third-order valence-electron chi connectivity index (χ3n) is 7.38. The van der Waals surface area contributed by atoms with Gasteiger partial charge in [-0.3, -0.25) is 9.59 Å². The standard InChI is InChI=1S/C35H35N5O3/c1-38(2)22-21-31(41)39(3)28-18-16-26(17-19-28)36-33(24-11-7-5-8-12-24)32-29-23-25(15-20-30(29)37-34(32)42)35(43)40(4)27-13-9-6-10-14-27/h5-20,23,37,42H,21-22H2,1-4H3. The van der Waals surface area contributed by atoms with Crippen LogP contribution in [0.4, 0.5) is 17.1 Å². The Morgan fingerprint density at radius 2 is 1.37 bits per heavy atom. The molecule has 0 unspecified atom stereocenters. The predicted octanol–water partition coefficient (Wildman–Crippen LogP) is 6.23. The third kappa shape index (κ3) is 6.50. The van der Waals surface area contributed by atoms with Gasteiger partial charge in [0.25, 0.3) is 5.91 Å². The molecule has 0 fully saturated rings. The molecule has 1 heterocycles. The van der Waals surface area contributed by atoms with E-state index >= 15 is 0 Å². The van der Waals surface area contributed by atoms with Gasteiger partial charge in [-0.05, 0) is 68.7 Å². The lowest BCUT2D eigenvalue weighted by molar-refractivity contribution is -0.118. The average Bonchev–Trinajstić information content (AvgIpc) is 3.37. The minimum atomic E-state index is -0.169. The molecule has 8 heteroatoms. The van der Waals surface area contributed by atoms with Crippen molar-refractivity contribution >= 4 is 45.5 Å². The predicted molar refractivity (Wildman–Crippen MR) is 174 cm³/mol. The highest BCUT2D eigenvalue weighted by atomic mass is 16.3. The summed E-state index contributed by atoms with van der Waals surface area (Å²) in [6, 6.07) is 31.8. The molecule has 0 radical (unpaired) electrons. The number of benzene rings is 4. The normalized spacial score (nSPS) is 11.6. The number of carbonyl (C=O) groups is 2. The van der Waals surface area contributed by atoms with Gasteiger partial charge in [0.2, 0.25) is 5.91 Å². The molecule has 0 bridgehead atoms. The van der Waals surface area contributed by atoms with Gasteiger partial charge in [-0.25, -0.2) is 4.99 Å². The van der Waals surface area contributed by atoms with Crippen molar-refractivity contribution in [2.24, 2.45) is 4.99 Å². The number of rotatable bonds is 9. The lowest BCUT2D eigenvalue weighted by Gasteiger charge is -2.19. The number of aromatic amines is 1. The number of hydrogen-bond acceptors (Lipinski definition) is 5. The maximum absolute atomic E-state index is 13.4. The van der Waals surface area contributed by atoms with Crippen LogP contribution in [0.1, 0.15) is 27.9 Å². The van der Waals surface area contributed by atoms with E-state index < -0.39 is 0 Å². The minimum Gasteiger partial charge on any atom is -0.494 e. The molecule has 0 saturated carbocycles. The van der Waals surface area contributed by atoms with E-state index in [1.807, 2.05) is 104 Å². The highest BCUT2D eigenvalue weighted by Crippen LogP contribution is 2.33. The maximum Gasteiger partial charge on any atom is 0.258 e. The largest absolute Gasteiger partial charge is 0.494 e. The van der Waals surface area contributed by atoms with Crippen molar-refractivity contribution in [1.82, 2.24) is 9.88 Å². The topological polar surface area (TPSA) is 92.2 Å². The van der Waals surface area contributed by atoms with E-state index in [-0.39, 0.29) is 17.7 Å². The molecule has 2 amide bonds. The Hall–Kier alpha value is -5.21. The number of H-pyrrole nitrogens is 1. The summed E-state index contributed by atoms with van der Waals surface area (Å²) >= 11 is 0. The molecule has 218 valence electrons. The fourth-order valence-electron chi connectivity index (χ4n) is 4.88. The van der Waals surface area contributed by atoms with Crippen LogP contribution in [-0.4, -0.2) is 67.3 Å². The number of fused-ring (bicyclic) bond motifs is 1. The number of carbonyl (C=O) groups excluding carboxylic acids is 2. The van der Waals surface area contributed by atoms with Crippen molar-refractivity contribution in [3.8, 4) is 5.88 Å². The van der Waals surface area contributed by atoms with Crippen LogP contribution in [-0.2, 0) is 4.79 Å². The first-order valence-corrected chi connectivity index (χ1v) is 14.1. The summed E-state index contributed by atoms with van der Waals surface area (Å²) in [4.78, 5) is 39.3. The van der Waals surface area contributed by atoms with Crippen LogP contribution in [0.25, 0.3) is 10.9 Å². The van der Waals surface area contributed by atoms with Crippen LogP contribution < -0.4 is 9.80 Å². The second-order valence-electron chi connectivity index (χ2n) is 10.7. The second kappa shape index (κ2) is 12.8. The molecule has 0 aliphatic rings. The number of aromatic hydroxyl groups is 1. The van der Waals surface area contributed by atoms with Crippen LogP contribution in [0, 0.1) is 0 Å². The molecule has 8 nitrogen and oxygen atoms in total. The van der Waals surface area contributed by atoms with E-state index in [0.29, 0.717) is 46.4 Å². The molecule has 0 aliphatic carbocycles. The van der Waals surface area contributed by atoms with E-state index in [1.54, 1.807) is 42.1 Å². The van der Waals surface area contributed by atoms with Gasteiger partial charge in [0.05, 0.1) is 17.0 Å². The highest BCUT2D eigenvalue weighted by molar-refractivity contribution is 6.22. The molecule has 0 saturated heterocycles. The number of nitrogens with zero attached hydrogens (tertiary/aromatic N) is 4. The van der Waals surface area contributed by atoms with E-state index in [0.717, 1.165) is 16.9 Å². The quantitative estimate of drug-likeness (QED) is 0.204. The summed E-state index contributed by atoms with van der Waals surface area (Å²) in [5.41, 5.74) is 5.22. The lowest BCUT2D eigenvalue weighted by Crippen LogP contribution is -2.29. The Morgan fingerprint density at radius 3 is 2.02 bits per heavy atom. The summed E-state index contributed by atoms with van der Waals surface area (Å²) in [6.45, 7) is 0.677. The number of amides is 2. The van der Waals surface area contributed by atoms with E-state index in [9.17, 15) is 14.7 Å². The minimum absolute atomic E-state index is 0.0295. The monoisotopic (exact) mass is 573 g/mol. The Labute approximate surface area is 251 Å². The molecule has 0 aliphatic heterocycles. The summed E-state index contributed by atoms with van der Waals surface area (Å²) in [5, 5.41) is 11.8. The first kappa shape index (κ1) is 29.3. The number of para-hydroxylation sites is 1. The van der Waals surface area contributed by atoms with Gasteiger partial charge in [-0.15, -0.1) is 0 Å². The zero-order valence-corrected chi connectivity index (χ0v) is 24.8. The van der Waals surface area contributed by atoms with Crippen LogP contribution in [0.15, 0.2) is 108 Å². The number of aliphatic imine (C=N–C) groups is 1. The zero-order chi connectivity index (χ0) is 30.5. The molecular weight excluding hydrogens is 538 g/mol. The first-order chi connectivity index (χ1) is 20.7. The van der Waals surface area contributed by atoms with Gasteiger partial charge in [-0.1, -0.05) is 48.5 Å². The van der Waals surface area contributed by atoms with Gasteiger partial charge in [0.15, 0.2) is 5.88 Å². The molecule has 0 spiro atoms. The van der Waals surface area contributed by atoms with Crippen LogP contribution in [0.5, 0.6) is 5.88 Å². The smallest absolute Gasteiger partial charge is 0.258 e. The summed E-state index contributed by atoms with van der Waals surface area (Å²) in [7, 11) is 7.39.